The molecule has 3 rings (SSSR count). The molecule has 1 N–H and O–H groups in total. The molecule has 0 spiro atoms. The lowest BCUT2D eigenvalue weighted by Gasteiger charge is -2.25. The molecular formula is C27H37N3O4. The second-order valence-corrected chi connectivity index (χ2v) is 8.13. The Morgan fingerprint density at radius 3 is 2.35 bits per heavy atom. The van der Waals surface area contributed by atoms with Crippen LogP contribution in [0.4, 0.5) is 0 Å². The van der Waals surface area contributed by atoms with E-state index in [9.17, 15) is 5.11 Å². The molecule has 184 valence electrons. The number of benzene rings is 2. The van der Waals surface area contributed by atoms with Gasteiger partial charge >= 0.3 is 0 Å². The maximum atomic E-state index is 10.5. The van der Waals surface area contributed by atoms with Crippen LogP contribution < -0.4 is 9.47 Å². The number of para-hydroxylation sites is 3. The molecule has 0 saturated heterocycles. The van der Waals surface area contributed by atoms with E-state index >= 15 is 0 Å². The molecule has 0 bridgehead atoms. The van der Waals surface area contributed by atoms with Gasteiger partial charge in [-0.25, -0.2) is 4.68 Å². The van der Waals surface area contributed by atoms with Crippen molar-refractivity contribution in [3.63, 3.8) is 0 Å². The molecule has 0 fully saturated rings. The average molecular weight is 468 g/mol. The van der Waals surface area contributed by atoms with E-state index < -0.39 is 6.10 Å². The molecule has 7 heteroatoms. The Kier molecular flexibility index (Phi) is 9.94. The number of aromatic nitrogens is 2. The minimum Gasteiger partial charge on any atom is -0.493 e. The highest BCUT2D eigenvalue weighted by Gasteiger charge is 2.24. The van der Waals surface area contributed by atoms with Crippen molar-refractivity contribution < 1.29 is 19.3 Å². The summed E-state index contributed by atoms with van der Waals surface area (Å²) in [6.07, 6.45) is 1.18. The zero-order valence-corrected chi connectivity index (χ0v) is 20.7. The van der Waals surface area contributed by atoms with E-state index in [1.807, 2.05) is 66.2 Å². The fourth-order valence-electron chi connectivity index (χ4n) is 3.96. The molecule has 0 aliphatic carbocycles. The molecule has 34 heavy (non-hydrogen) atoms. The Hall–Kier alpha value is -2.87. The zero-order valence-electron chi connectivity index (χ0n) is 20.7. The maximum absolute atomic E-state index is 10.5. The first-order valence-corrected chi connectivity index (χ1v) is 12.1. The van der Waals surface area contributed by atoms with E-state index in [2.05, 4.69) is 18.7 Å². The number of aliphatic hydroxyl groups is 1. The van der Waals surface area contributed by atoms with Gasteiger partial charge in [0.15, 0.2) is 11.5 Å². The van der Waals surface area contributed by atoms with Crippen LogP contribution in [0.15, 0.2) is 54.6 Å². The first-order valence-electron chi connectivity index (χ1n) is 12.1. The molecule has 1 aromatic heterocycles. The highest BCUT2D eigenvalue weighted by molar-refractivity contribution is 5.47. The van der Waals surface area contributed by atoms with Gasteiger partial charge in [0.05, 0.1) is 36.8 Å². The molecule has 0 aliphatic heterocycles. The third-order valence-electron chi connectivity index (χ3n) is 5.54. The number of aryl methyl sites for hydroxylation is 1. The van der Waals surface area contributed by atoms with Gasteiger partial charge in [-0.2, -0.15) is 5.10 Å². The summed E-state index contributed by atoms with van der Waals surface area (Å²) in [5.41, 5.74) is 2.90. The normalized spacial score (nSPS) is 12.2. The van der Waals surface area contributed by atoms with Gasteiger partial charge in [-0.05, 0) is 50.6 Å². The van der Waals surface area contributed by atoms with Crippen LogP contribution in [0, 0.1) is 0 Å². The summed E-state index contributed by atoms with van der Waals surface area (Å²) in [5, 5.41) is 15.4. The van der Waals surface area contributed by atoms with Crippen LogP contribution in [-0.2, 0) is 17.7 Å². The predicted molar refractivity (Wildman–Crippen MR) is 134 cm³/mol. The molecule has 0 aliphatic rings. The van der Waals surface area contributed by atoms with Crippen LogP contribution in [0.3, 0.4) is 0 Å². The van der Waals surface area contributed by atoms with Gasteiger partial charge in [0.2, 0.25) is 5.88 Å². The minimum absolute atomic E-state index is 0.325. The van der Waals surface area contributed by atoms with Gasteiger partial charge in [0.1, 0.15) is 0 Å². The van der Waals surface area contributed by atoms with E-state index in [-0.39, 0.29) is 0 Å². The van der Waals surface area contributed by atoms with Crippen molar-refractivity contribution in [2.24, 2.45) is 0 Å². The lowest BCUT2D eigenvalue weighted by Crippen LogP contribution is -2.35. The van der Waals surface area contributed by atoms with Crippen molar-refractivity contribution in [3.8, 4) is 23.1 Å². The SMILES string of the molecule is CCCN(Cc1c(CC)nn(-c2ccccc2)c1Oc1ccccc1OC)CC(O)COCC. The van der Waals surface area contributed by atoms with Crippen molar-refractivity contribution in [2.75, 3.05) is 33.4 Å². The van der Waals surface area contributed by atoms with Gasteiger partial charge < -0.3 is 19.3 Å². The number of methoxy groups -OCH3 is 1. The maximum Gasteiger partial charge on any atom is 0.227 e. The summed E-state index contributed by atoms with van der Waals surface area (Å²) in [7, 11) is 1.64. The van der Waals surface area contributed by atoms with Crippen molar-refractivity contribution in [2.45, 2.75) is 46.3 Å². The Morgan fingerprint density at radius 1 is 1.00 bits per heavy atom. The molecule has 7 nitrogen and oxygen atoms in total. The average Bonchev–Trinajstić information content (AvgIpc) is 3.20. The fraction of sp³-hybridized carbons (Fsp3) is 0.444. The molecule has 1 atom stereocenters. The number of hydrogen-bond donors (Lipinski definition) is 1. The minimum atomic E-state index is -0.556. The van der Waals surface area contributed by atoms with Gasteiger partial charge in [-0.1, -0.05) is 44.2 Å². The third-order valence-corrected chi connectivity index (χ3v) is 5.54. The van der Waals surface area contributed by atoms with Crippen LogP contribution in [0.2, 0.25) is 0 Å². The van der Waals surface area contributed by atoms with Crippen LogP contribution >= 0.6 is 0 Å². The Bertz CT molecular complexity index is 1010. The second kappa shape index (κ2) is 13.1. The molecule has 1 unspecified atom stereocenters. The fourth-order valence-corrected chi connectivity index (χ4v) is 3.96. The van der Waals surface area contributed by atoms with Crippen LogP contribution in [-0.4, -0.2) is 59.3 Å². The molecule has 0 radical (unpaired) electrons. The number of aliphatic hydroxyl groups excluding tert-OH is 1. The monoisotopic (exact) mass is 467 g/mol. The smallest absolute Gasteiger partial charge is 0.227 e. The lowest BCUT2D eigenvalue weighted by molar-refractivity contribution is 0.0194. The van der Waals surface area contributed by atoms with Crippen LogP contribution in [0.5, 0.6) is 17.4 Å². The summed E-state index contributed by atoms with van der Waals surface area (Å²) >= 11 is 0. The number of nitrogens with zero attached hydrogens (tertiary/aromatic N) is 3. The molecule has 1 heterocycles. The van der Waals surface area contributed by atoms with E-state index in [1.54, 1.807) is 7.11 Å². The Balaban J connectivity index is 2.02. The highest BCUT2D eigenvalue weighted by Crippen LogP contribution is 2.36. The van der Waals surface area contributed by atoms with E-state index in [0.717, 1.165) is 36.3 Å². The van der Waals surface area contributed by atoms with Gasteiger partial charge in [-0.3, -0.25) is 4.90 Å². The molecule has 0 amide bonds. The molecule has 3 aromatic rings. The van der Waals surface area contributed by atoms with Crippen LogP contribution in [0.1, 0.15) is 38.4 Å². The standard InChI is InChI=1S/C27H37N3O4/c1-5-17-29(18-22(31)20-33-7-3)19-23-24(6-2)28-30(21-13-9-8-10-14-21)27(23)34-26-16-12-11-15-25(26)32-4/h8-16,22,31H,5-7,17-20H2,1-4H3. The van der Waals surface area contributed by atoms with Gasteiger partial charge in [-0.15, -0.1) is 0 Å². The summed E-state index contributed by atoms with van der Waals surface area (Å²) in [6, 6.07) is 17.6. The van der Waals surface area contributed by atoms with Gasteiger partial charge in [0.25, 0.3) is 0 Å². The van der Waals surface area contributed by atoms with Gasteiger partial charge in [0, 0.05) is 19.7 Å². The highest BCUT2D eigenvalue weighted by atomic mass is 16.5. The third kappa shape index (κ3) is 6.59. The molecular weight excluding hydrogens is 430 g/mol. The van der Waals surface area contributed by atoms with Crippen LogP contribution in [0.25, 0.3) is 5.69 Å². The number of rotatable bonds is 14. The largest absolute Gasteiger partial charge is 0.493 e. The van der Waals surface area contributed by atoms with Crippen molar-refractivity contribution in [1.82, 2.24) is 14.7 Å². The Labute approximate surface area is 202 Å². The van der Waals surface area contributed by atoms with E-state index in [4.69, 9.17) is 19.3 Å². The predicted octanol–water partition coefficient (Wildman–Crippen LogP) is 4.85. The van der Waals surface area contributed by atoms with E-state index in [0.29, 0.717) is 43.7 Å². The second-order valence-electron chi connectivity index (χ2n) is 8.13. The van der Waals surface area contributed by atoms with Crippen molar-refractivity contribution in [1.29, 1.82) is 0 Å². The summed E-state index contributed by atoms with van der Waals surface area (Å²) in [6.45, 7) is 9.06. The van der Waals surface area contributed by atoms with Crippen molar-refractivity contribution >= 4 is 0 Å². The first-order chi connectivity index (χ1) is 16.6. The zero-order chi connectivity index (χ0) is 24.3. The first kappa shape index (κ1) is 25.7. The molecule has 0 saturated carbocycles. The quantitative estimate of drug-likeness (QED) is 0.366. The summed E-state index contributed by atoms with van der Waals surface area (Å²) < 4.78 is 19.3. The van der Waals surface area contributed by atoms with Crippen molar-refractivity contribution in [3.05, 3.63) is 65.9 Å². The summed E-state index contributed by atoms with van der Waals surface area (Å²) in [5.74, 6) is 1.95. The van der Waals surface area contributed by atoms with E-state index in [1.165, 1.54) is 0 Å². The Morgan fingerprint density at radius 2 is 1.71 bits per heavy atom. The lowest BCUT2D eigenvalue weighted by atomic mass is 10.1. The number of ether oxygens (including phenoxy) is 3. The molecule has 2 aromatic carbocycles. The number of hydrogen-bond acceptors (Lipinski definition) is 6. The summed E-state index contributed by atoms with van der Waals surface area (Å²) in [4.78, 5) is 2.24. The topological polar surface area (TPSA) is 69.0 Å².